The number of nitriles is 2. The normalized spacial score (nSPS) is 20.7. The first kappa shape index (κ1) is 29.0. The van der Waals surface area contributed by atoms with E-state index >= 15 is 0 Å². The monoisotopic (exact) mass is 620 g/mol. The maximum atomic E-state index is 14.0. The molecular formula is C36H18F6N4. The molecule has 0 saturated carbocycles. The van der Waals surface area contributed by atoms with E-state index in [-0.39, 0.29) is 17.0 Å². The first-order valence-electron chi connectivity index (χ1n) is 14.0. The number of hydrogen-bond donors (Lipinski definition) is 0. The van der Waals surface area contributed by atoms with E-state index in [2.05, 4.69) is 9.98 Å². The highest BCUT2D eigenvalue weighted by Crippen LogP contribution is 2.47. The van der Waals surface area contributed by atoms with Crippen molar-refractivity contribution in [3.05, 3.63) is 129 Å². The van der Waals surface area contributed by atoms with Crippen LogP contribution in [0.3, 0.4) is 0 Å². The molecule has 4 aliphatic carbocycles. The molecule has 4 aliphatic rings. The molecule has 0 bridgehead atoms. The minimum atomic E-state index is -4.68. The van der Waals surface area contributed by atoms with Crippen molar-refractivity contribution < 1.29 is 26.3 Å². The molecule has 3 aromatic carbocycles. The molecule has 0 saturated heterocycles. The lowest BCUT2D eigenvalue weighted by atomic mass is 9.84. The van der Waals surface area contributed by atoms with Crippen LogP contribution in [0, 0.1) is 28.8 Å². The topological polar surface area (TPSA) is 72.3 Å². The molecule has 0 spiro atoms. The zero-order valence-electron chi connectivity index (χ0n) is 23.5. The molecule has 0 aliphatic heterocycles. The fourth-order valence-corrected chi connectivity index (χ4v) is 6.75. The summed E-state index contributed by atoms with van der Waals surface area (Å²) in [5.41, 5.74) is 2.28. The van der Waals surface area contributed by atoms with Gasteiger partial charge in [0.25, 0.3) is 0 Å². The lowest BCUT2D eigenvalue weighted by Gasteiger charge is -2.19. The first-order chi connectivity index (χ1) is 22.0. The van der Waals surface area contributed by atoms with Crippen LogP contribution in [-0.4, -0.2) is 17.6 Å². The summed E-state index contributed by atoms with van der Waals surface area (Å²) in [5, 5.41) is 20.6. The Kier molecular flexibility index (Phi) is 6.57. The Hall–Kier alpha value is -5.74. The number of halogens is 6. The Morgan fingerprint density at radius 2 is 1.48 bits per heavy atom. The number of benzene rings is 3. The maximum absolute atomic E-state index is 14.0. The standard InChI is InChI=1S/C36H18F6N4/c37-35(38,39)21-11-13-23-25(15-21)34(46-18-44)32-28(20-9-5-2-6-10-20)30-24-14-12-22(36(40,41)42)16-26(24)33(45-17-43)31(30)27(29(23)32)19-7-3-1-4-8-19/h1-9,11-16,26H,10H2. The summed E-state index contributed by atoms with van der Waals surface area (Å²) in [5.74, 6) is -1.04. The zero-order valence-corrected chi connectivity index (χ0v) is 23.5. The van der Waals surface area contributed by atoms with Crippen molar-refractivity contribution in [2.75, 3.05) is 0 Å². The average Bonchev–Trinajstić information content (AvgIpc) is 3.52. The van der Waals surface area contributed by atoms with Gasteiger partial charge in [-0.15, -0.1) is 0 Å². The van der Waals surface area contributed by atoms with Gasteiger partial charge < -0.3 is 0 Å². The maximum Gasteiger partial charge on any atom is 0.416 e. The van der Waals surface area contributed by atoms with Gasteiger partial charge in [-0.2, -0.15) is 46.9 Å². The van der Waals surface area contributed by atoms with E-state index in [0.717, 1.165) is 24.3 Å². The molecule has 1 atom stereocenters. The third-order valence-electron chi connectivity index (χ3n) is 8.50. The molecule has 3 aromatic rings. The Labute approximate surface area is 258 Å². The third-order valence-corrected chi connectivity index (χ3v) is 8.50. The molecule has 0 fully saturated rings. The van der Waals surface area contributed by atoms with Crippen molar-refractivity contribution in [3.63, 3.8) is 0 Å². The molecule has 0 N–H and O–H groups in total. The van der Waals surface area contributed by atoms with Crippen molar-refractivity contribution in [1.29, 1.82) is 10.5 Å². The van der Waals surface area contributed by atoms with Gasteiger partial charge in [0.2, 0.25) is 12.4 Å². The number of alkyl halides is 6. The van der Waals surface area contributed by atoms with Crippen LogP contribution in [0.15, 0.2) is 107 Å². The van der Waals surface area contributed by atoms with Crippen molar-refractivity contribution in [2.45, 2.75) is 18.8 Å². The van der Waals surface area contributed by atoms with Crippen LogP contribution in [0.5, 0.6) is 0 Å². The fraction of sp³-hybridized carbons (Fsp3) is 0.111. The molecule has 0 amide bonds. The molecular weight excluding hydrogens is 602 g/mol. The molecule has 46 heavy (non-hydrogen) atoms. The van der Waals surface area contributed by atoms with Crippen LogP contribution >= 0.6 is 0 Å². The molecule has 7 rings (SSSR count). The van der Waals surface area contributed by atoms with Crippen molar-refractivity contribution in [2.24, 2.45) is 15.9 Å². The fourth-order valence-electron chi connectivity index (χ4n) is 6.75. The van der Waals surface area contributed by atoms with Gasteiger partial charge in [0, 0.05) is 28.2 Å². The van der Waals surface area contributed by atoms with Crippen molar-refractivity contribution in [1.82, 2.24) is 0 Å². The average molecular weight is 621 g/mol. The van der Waals surface area contributed by atoms with Crippen LogP contribution in [0.2, 0.25) is 0 Å². The highest BCUT2D eigenvalue weighted by Gasteiger charge is 2.43. The predicted molar refractivity (Wildman–Crippen MR) is 161 cm³/mol. The summed E-state index contributed by atoms with van der Waals surface area (Å²) in [6.45, 7) is 0. The SMILES string of the molecule is N#CN=C1c2cc(C(F)(F)F)ccc2-c2c(-c3ccccc3)c3c(c(=C4C=CC=CC4)c21)=C1C=CC(C(F)(F)F)=CC1C3=NC#N. The van der Waals surface area contributed by atoms with E-state index in [1.807, 2.05) is 18.2 Å². The summed E-state index contributed by atoms with van der Waals surface area (Å²) < 4.78 is 83.9. The zero-order chi connectivity index (χ0) is 32.4. The van der Waals surface area contributed by atoms with Gasteiger partial charge in [0.15, 0.2) is 0 Å². The Morgan fingerprint density at radius 3 is 2.13 bits per heavy atom. The van der Waals surface area contributed by atoms with E-state index in [1.54, 1.807) is 48.8 Å². The molecule has 224 valence electrons. The van der Waals surface area contributed by atoms with Crippen LogP contribution in [0.1, 0.15) is 28.7 Å². The molecule has 0 aromatic heterocycles. The smallest absolute Gasteiger partial charge is 0.177 e. The van der Waals surface area contributed by atoms with E-state index in [4.69, 9.17) is 0 Å². The van der Waals surface area contributed by atoms with E-state index in [9.17, 15) is 36.9 Å². The van der Waals surface area contributed by atoms with Crippen molar-refractivity contribution in [3.8, 4) is 34.6 Å². The quantitative estimate of drug-likeness (QED) is 0.164. The number of fused-ring (bicyclic) bond motifs is 5. The van der Waals surface area contributed by atoms with E-state index in [0.29, 0.717) is 61.4 Å². The Balaban J connectivity index is 1.76. The third kappa shape index (κ3) is 4.37. The number of aliphatic imine (C=N–C) groups is 2. The van der Waals surface area contributed by atoms with Gasteiger partial charge >= 0.3 is 12.4 Å². The van der Waals surface area contributed by atoms with Crippen molar-refractivity contribution >= 4 is 22.6 Å². The van der Waals surface area contributed by atoms with Gasteiger partial charge in [-0.25, -0.2) is 0 Å². The highest BCUT2D eigenvalue weighted by atomic mass is 19.4. The number of hydrogen-bond acceptors (Lipinski definition) is 4. The van der Waals surface area contributed by atoms with Gasteiger partial charge in [0.1, 0.15) is 0 Å². The molecule has 1 unspecified atom stereocenters. The second-order valence-electron chi connectivity index (χ2n) is 10.9. The van der Waals surface area contributed by atoms with Gasteiger partial charge in [-0.3, -0.25) is 0 Å². The van der Waals surface area contributed by atoms with Crippen LogP contribution < -0.4 is 10.4 Å². The van der Waals surface area contributed by atoms with Crippen LogP contribution in [0.25, 0.3) is 33.4 Å². The van der Waals surface area contributed by atoms with Gasteiger partial charge in [-0.05, 0) is 62.9 Å². The highest BCUT2D eigenvalue weighted by molar-refractivity contribution is 6.30. The molecule has 0 heterocycles. The second-order valence-corrected chi connectivity index (χ2v) is 10.9. The Bertz CT molecular complexity index is 2270. The predicted octanol–water partition coefficient (Wildman–Crippen LogP) is 7.45. The molecule has 4 nitrogen and oxygen atoms in total. The summed E-state index contributed by atoms with van der Waals surface area (Å²) in [7, 11) is 0. The van der Waals surface area contributed by atoms with Gasteiger partial charge in [-0.1, -0.05) is 72.9 Å². The van der Waals surface area contributed by atoms with Crippen LogP contribution in [0.4, 0.5) is 26.3 Å². The summed E-state index contributed by atoms with van der Waals surface area (Å²) in [4.78, 5) is 8.18. The number of rotatable bonds is 1. The molecule has 10 heteroatoms. The van der Waals surface area contributed by atoms with Crippen LogP contribution in [-0.2, 0) is 6.18 Å². The van der Waals surface area contributed by atoms with Gasteiger partial charge in [0.05, 0.1) is 22.6 Å². The largest absolute Gasteiger partial charge is 0.416 e. The number of nitrogens with zero attached hydrogens (tertiary/aromatic N) is 4. The Morgan fingerprint density at radius 1 is 0.717 bits per heavy atom. The molecule has 0 radical (unpaired) electrons. The van der Waals surface area contributed by atoms with E-state index < -0.39 is 29.4 Å². The summed E-state index contributed by atoms with van der Waals surface area (Å²) >= 11 is 0. The second kappa shape index (κ2) is 10.4. The lowest BCUT2D eigenvalue weighted by molar-refractivity contribution is -0.137. The first-order valence-corrected chi connectivity index (χ1v) is 14.0. The minimum Gasteiger partial charge on any atom is -0.177 e. The summed E-state index contributed by atoms with van der Waals surface area (Å²) in [6, 6.07) is 12.1. The van der Waals surface area contributed by atoms with E-state index in [1.165, 1.54) is 12.1 Å². The number of allylic oxidation sites excluding steroid dienone is 8. The summed E-state index contributed by atoms with van der Waals surface area (Å²) in [6.07, 6.45) is 5.28. The minimum absolute atomic E-state index is 0.0261. The lowest BCUT2D eigenvalue weighted by Crippen LogP contribution is -2.36.